The van der Waals surface area contributed by atoms with Gasteiger partial charge in [-0.05, 0) is 17.9 Å². The fourth-order valence-corrected chi connectivity index (χ4v) is 1.40. The Morgan fingerprint density at radius 3 is 2.82 bits per heavy atom. The molecule has 0 radical (unpaired) electrons. The normalized spacial score (nSPS) is 29.0. The van der Waals surface area contributed by atoms with Crippen molar-refractivity contribution in [2.75, 3.05) is 6.61 Å². The van der Waals surface area contributed by atoms with Crippen LogP contribution in [-0.2, 0) is 4.79 Å². The van der Waals surface area contributed by atoms with E-state index in [0.717, 1.165) is 6.42 Å². The van der Waals surface area contributed by atoms with Crippen LogP contribution in [0.25, 0.3) is 0 Å². The maximum absolute atomic E-state index is 11.1. The number of aliphatic hydroxyl groups is 1. The molecule has 1 aliphatic rings. The predicted molar refractivity (Wildman–Crippen MR) is 43.1 cm³/mol. The topological polar surface area (TPSA) is 37.3 Å². The molecule has 1 rings (SSSR count). The smallest absolute Gasteiger partial charge is 0.160 e. The van der Waals surface area contributed by atoms with E-state index in [2.05, 4.69) is 13.8 Å². The first-order valence-electron chi connectivity index (χ1n) is 3.89. The highest BCUT2D eigenvalue weighted by Crippen LogP contribution is 2.31. The molecule has 1 aliphatic carbocycles. The second-order valence-corrected chi connectivity index (χ2v) is 3.81. The van der Waals surface area contributed by atoms with Gasteiger partial charge in [-0.1, -0.05) is 19.9 Å². The molecule has 11 heavy (non-hydrogen) atoms. The van der Waals surface area contributed by atoms with Crippen molar-refractivity contribution >= 4 is 5.78 Å². The van der Waals surface area contributed by atoms with Gasteiger partial charge in [-0.2, -0.15) is 0 Å². The van der Waals surface area contributed by atoms with Crippen LogP contribution in [0.1, 0.15) is 20.3 Å². The highest BCUT2D eigenvalue weighted by molar-refractivity contribution is 5.92. The first kappa shape index (κ1) is 8.47. The Bertz CT molecular complexity index is 192. The number of carbonyl (C=O) groups excluding carboxylic acids is 1. The number of aliphatic hydroxyl groups excluding tert-OH is 1. The van der Waals surface area contributed by atoms with Gasteiger partial charge >= 0.3 is 0 Å². The van der Waals surface area contributed by atoms with E-state index < -0.39 is 0 Å². The van der Waals surface area contributed by atoms with Crippen LogP contribution in [-0.4, -0.2) is 17.5 Å². The van der Waals surface area contributed by atoms with E-state index in [-0.39, 0.29) is 23.7 Å². The Hall–Kier alpha value is -0.630. The third kappa shape index (κ3) is 1.90. The molecule has 0 spiro atoms. The summed E-state index contributed by atoms with van der Waals surface area (Å²) in [4.78, 5) is 11.1. The average Bonchev–Trinajstić information content (AvgIpc) is 1.94. The molecule has 1 unspecified atom stereocenters. The first-order chi connectivity index (χ1) is 5.05. The van der Waals surface area contributed by atoms with Crippen molar-refractivity contribution in [2.24, 2.45) is 11.3 Å². The Kier molecular flexibility index (Phi) is 2.14. The van der Waals surface area contributed by atoms with Crippen molar-refractivity contribution < 1.29 is 9.90 Å². The van der Waals surface area contributed by atoms with Crippen LogP contribution in [0.3, 0.4) is 0 Å². The summed E-state index contributed by atoms with van der Waals surface area (Å²) in [7, 11) is 0. The second kappa shape index (κ2) is 2.78. The summed E-state index contributed by atoms with van der Waals surface area (Å²) >= 11 is 0. The van der Waals surface area contributed by atoms with Crippen molar-refractivity contribution in [3.05, 3.63) is 12.2 Å². The van der Waals surface area contributed by atoms with E-state index in [1.54, 1.807) is 6.08 Å². The minimum atomic E-state index is -0.171. The van der Waals surface area contributed by atoms with E-state index >= 15 is 0 Å². The number of rotatable bonds is 1. The number of hydrogen-bond donors (Lipinski definition) is 1. The quantitative estimate of drug-likeness (QED) is 0.615. The van der Waals surface area contributed by atoms with Gasteiger partial charge in [-0.25, -0.2) is 0 Å². The Morgan fingerprint density at radius 1 is 1.73 bits per heavy atom. The molecule has 0 saturated carbocycles. The molecule has 0 aromatic carbocycles. The molecule has 0 aromatic rings. The van der Waals surface area contributed by atoms with E-state index in [0.29, 0.717) is 0 Å². The zero-order valence-corrected chi connectivity index (χ0v) is 7.00. The Morgan fingerprint density at radius 2 is 2.36 bits per heavy atom. The molecule has 0 aromatic heterocycles. The number of ketones is 1. The fourth-order valence-electron chi connectivity index (χ4n) is 1.40. The van der Waals surface area contributed by atoms with E-state index in [1.807, 2.05) is 6.08 Å². The van der Waals surface area contributed by atoms with Crippen LogP contribution in [0.15, 0.2) is 12.2 Å². The SMILES string of the molecule is CC1(C)C=CC(=O)C(CO)C1. The minimum Gasteiger partial charge on any atom is -0.396 e. The standard InChI is InChI=1S/C9H14O2/c1-9(2)4-3-8(11)7(5-9)6-10/h3-4,7,10H,5-6H2,1-2H3. The minimum absolute atomic E-state index is 0.0212. The summed E-state index contributed by atoms with van der Waals surface area (Å²) in [5, 5.41) is 8.84. The third-order valence-electron chi connectivity index (χ3n) is 2.09. The third-order valence-corrected chi connectivity index (χ3v) is 2.09. The lowest BCUT2D eigenvalue weighted by Gasteiger charge is -2.28. The zero-order valence-electron chi connectivity index (χ0n) is 7.00. The summed E-state index contributed by atoms with van der Waals surface area (Å²) in [6, 6.07) is 0. The molecule has 0 fully saturated rings. The van der Waals surface area contributed by atoms with Crippen molar-refractivity contribution in [2.45, 2.75) is 20.3 Å². The lowest BCUT2D eigenvalue weighted by atomic mass is 9.77. The van der Waals surface area contributed by atoms with Crippen LogP contribution >= 0.6 is 0 Å². The highest BCUT2D eigenvalue weighted by Gasteiger charge is 2.28. The largest absolute Gasteiger partial charge is 0.396 e. The van der Waals surface area contributed by atoms with Crippen LogP contribution in [0.2, 0.25) is 0 Å². The summed E-state index contributed by atoms with van der Waals surface area (Å²) in [6.45, 7) is 4.11. The zero-order chi connectivity index (χ0) is 8.48. The fraction of sp³-hybridized carbons (Fsp3) is 0.667. The summed E-state index contributed by atoms with van der Waals surface area (Å²) in [5.74, 6) is -0.109. The molecular weight excluding hydrogens is 140 g/mol. The Labute approximate surface area is 66.9 Å². The predicted octanol–water partition coefficient (Wildman–Crippen LogP) is 1.15. The van der Waals surface area contributed by atoms with Gasteiger partial charge in [0.05, 0.1) is 6.61 Å². The summed E-state index contributed by atoms with van der Waals surface area (Å²) < 4.78 is 0. The van der Waals surface area contributed by atoms with Crippen molar-refractivity contribution in [3.63, 3.8) is 0 Å². The molecule has 0 bridgehead atoms. The van der Waals surface area contributed by atoms with Gasteiger partial charge in [0.1, 0.15) is 0 Å². The molecule has 1 atom stereocenters. The van der Waals surface area contributed by atoms with Crippen LogP contribution in [0, 0.1) is 11.3 Å². The maximum atomic E-state index is 11.1. The molecule has 0 heterocycles. The van der Waals surface area contributed by atoms with E-state index in [4.69, 9.17) is 5.11 Å². The van der Waals surface area contributed by atoms with Crippen LogP contribution in [0.4, 0.5) is 0 Å². The van der Waals surface area contributed by atoms with Gasteiger partial charge in [0, 0.05) is 5.92 Å². The van der Waals surface area contributed by atoms with E-state index in [1.165, 1.54) is 0 Å². The monoisotopic (exact) mass is 154 g/mol. The molecule has 62 valence electrons. The van der Waals surface area contributed by atoms with Crippen molar-refractivity contribution in [1.82, 2.24) is 0 Å². The lowest BCUT2D eigenvalue weighted by Crippen LogP contribution is -2.27. The number of allylic oxidation sites excluding steroid dienone is 2. The van der Waals surface area contributed by atoms with Gasteiger partial charge in [0.15, 0.2) is 5.78 Å². The lowest BCUT2D eigenvalue weighted by molar-refractivity contribution is -0.120. The number of hydrogen-bond acceptors (Lipinski definition) is 2. The molecule has 2 heteroatoms. The van der Waals surface area contributed by atoms with Gasteiger partial charge in [-0.15, -0.1) is 0 Å². The molecule has 2 nitrogen and oxygen atoms in total. The van der Waals surface area contributed by atoms with Crippen molar-refractivity contribution in [1.29, 1.82) is 0 Å². The second-order valence-electron chi connectivity index (χ2n) is 3.81. The maximum Gasteiger partial charge on any atom is 0.160 e. The highest BCUT2D eigenvalue weighted by atomic mass is 16.3. The molecule has 0 amide bonds. The molecule has 0 aliphatic heterocycles. The van der Waals surface area contributed by atoms with Gasteiger partial charge in [0.25, 0.3) is 0 Å². The summed E-state index contributed by atoms with van der Waals surface area (Å²) in [6.07, 6.45) is 4.27. The van der Waals surface area contributed by atoms with Gasteiger partial charge < -0.3 is 5.11 Å². The average molecular weight is 154 g/mol. The van der Waals surface area contributed by atoms with Crippen LogP contribution in [0.5, 0.6) is 0 Å². The molecule has 1 N–H and O–H groups in total. The van der Waals surface area contributed by atoms with Gasteiger partial charge in [-0.3, -0.25) is 4.79 Å². The molecule has 0 saturated heterocycles. The number of carbonyl (C=O) groups is 1. The van der Waals surface area contributed by atoms with E-state index in [9.17, 15) is 4.79 Å². The summed E-state index contributed by atoms with van der Waals surface area (Å²) in [5.41, 5.74) is 0.0707. The molecular formula is C9H14O2. The Balaban J connectivity index is 2.75. The first-order valence-corrected chi connectivity index (χ1v) is 3.89. The van der Waals surface area contributed by atoms with Crippen LogP contribution < -0.4 is 0 Å². The van der Waals surface area contributed by atoms with Gasteiger partial charge in [0.2, 0.25) is 0 Å². The van der Waals surface area contributed by atoms with Crippen molar-refractivity contribution in [3.8, 4) is 0 Å².